The molecule has 0 heterocycles. The highest BCUT2D eigenvalue weighted by Crippen LogP contribution is 2.62. The first-order valence-corrected chi connectivity index (χ1v) is 16.0. The molecule has 0 aromatic heterocycles. The van der Waals surface area contributed by atoms with Crippen molar-refractivity contribution in [2.45, 2.75) is 122 Å². The third kappa shape index (κ3) is 9.30. The lowest BCUT2D eigenvalue weighted by atomic mass is 9.92. The third-order valence-corrected chi connectivity index (χ3v) is 8.46. The molecule has 336 valence electrons. The zero-order valence-electron chi connectivity index (χ0n) is 27.5. The zero-order chi connectivity index (χ0) is 45.5. The van der Waals surface area contributed by atoms with Crippen LogP contribution in [0.25, 0.3) is 0 Å². The molecule has 0 bridgehead atoms. The first kappa shape index (κ1) is 52.5. The van der Waals surface area contributed by atoms with Gasteiger partial charge in [0.25, 0.3) is 0 Å². The van der Waals surface area contributed by atoms with Gasteiger partial charge in [-0.15, -0.1) is 0 Å². The summed E-state index contributed by atoms with van der Waals surface area (Å²) in [5.74, 6) is -76.1. The SMILES string of the molecule is Cc1c(OCCCCC(F)(F)C(F)(F)C(F)(F)C(F)(F)C(F)(F)C(F)(F)F)cc(CBr)cc1OCCCCC(F)(F)C(F)(F)C(F)(F)C(F)(F)C(F)(F)C(F)(F)F. The van der Waals surface area contributed by atoms with E-state index in [1.54, 1.807) is 0 Å². The Balaban J connectivity index is 2.97. The summed E-state index contributed by atoms with van der Waals surface area (Å²) in [6.07, 6.45) is -24.6. The van der Waals surface area contributed by atoms with E-state index in [9.17, 15) is 114 Å². The molecule has 1 aromatic carbocycles. The molecule has 0 spiro atoms. The van der Waals surface area contributed by atoms with Crippen molar-refractivity contribution in [2.75, 3.05) is 13.2 Å². The fraction of sp³-hybridized carbons (Fsp3) is 0.786. The third-order valence-electron chi connectivity index (χ3n) is 7.81. The van der Waals surface area contributed by atoms with Gasteiger partial charge in [-0.3, -0.25) is 0 Å². The smallest absolute Gasteiger partial charge is 0.460 e. The Morgan fingerprint density at radius 3 is 0.912 bits per heavy atom. The van der Waals surface area contributed by atoms with Crippen molar-refractivity contribution in [1.82, 2.24) is 0 Å². The maximum absolute atomic E-state index is 14.0. The van der Waals surface area contributed by atoms with Crippen molar-refractivity contribution in [2.24, 2.45) is 0 Å². The van der Waals surface area contributed by atoms with Gasteiger partial charge in [0.1, 0.15) is 11.5 Å². The molecule has 0 fully saturated rings. The van der Waals surface area contributed by atoms with Crippen molar-refractivity contribution in [3.8, 4) is 11.5 Å². The lowest BCUT2D eigenvalue weighted by molar-refractivity contribution is -0.440. The van der Waals surface area contributed by atoms with E-state index in [2.05, 4.69) is 15.9 Å². The van der Waals surface area contributed by atoms with E-state index in [0.29, 0.717) is 0 Å². The van der Waals surface area contributed by atoms with Crippen LogP contribution in [-0.4, -0.2) is 84.8 Å². The Bertz CT molecular complexity index is 1390. The Kier molecular flexibility index (Phi) is 15.2. The van der Waals surface area contributed by atoms with E-state index < -0.39 is 123 Å². The van der Waals surface area contributed by atoms with Gasteiger partial charge in [0, 0.05) is 23.7 Å². The van der Waals surface area contributed by atoms with Crippen molar-refractivity contribution >= 4 is 15.9 Å². The van der Waals surface area contributed by atoms with Crippen LogP contribution in [0.5, 0.6) is 11.5 Å². The molecule has 2 nitrogen and oxygen atoms in total. The number of alkyl halides is 27. The Hall–Kier alpha value is -2.52. The van der Waals surface area contributed by atoms with Gasteiger partial charge in [-0.25, -0.2) is 0 Å². The van der Waals surface area contributed by atoms with Crippen molar-refractivity contribution in [1.29, 1.82) is 0 Å². The van der Waals surface area contributed by atoms with Crippen LogP contribution in [0, 0.1) is 6.92 Å². The van der Waals surface area contributed by atoms with Crippen LogP contribution in [0.3, 0.4) is 0 Å². The second kappa shape index (κ2) is 16.5. The monoisotopic (exact) mass is 964 g/mol. The summed E-state index contributed by atoms with van der Waals surface area (Å²) >= 11 is 2.96. The lowest BCUT2D eigenvalue weighted by Gasteiger charge is -2.39. The Morgan fingerprint density at radius 2 is 0.667 bits per heavy atom. The van der Waals surface area contributed by atoms with Crippen LogP contribution < -0.4 is 9.47 Å². The molecule has 0 radical (unpaired) electrons. The molecule has 0 unspecified atom stereocenters. The van der Waals surface area contributed by atoms with E-state index >= 15 is 0 Å². The molecule has 29 heteroatoms. The minimum Gasteiger partial charge on any atom is -0.493 e. The molecule has 0 aliphatic rings. The number of ether oxygens (including phenoxy) is 2. The summed E-state index contributed by atoms with van der Waals surface area (Å²) in [6.45, 7) is -0.549. The van der Waals surface area contributed by atoms with Gasteiger partial charge < -0.3 is 9.47 Å². The second-order valence-corrected chi connectivity index (χ2v) is 12.5. The van der Waals surface area contributed by atoms with Gasteiger partial charge in [-0.1, -0.05) is 15.9 Å². The maximum atomic E-state index is 14.0. The topological polar surface area (TPSA) is 18.5 Å². The van der Waals surface area contributed by atoms with E-state index in [1.807, 2.05) is 0 Å². The van der Waals surface area contributed by atoms with Gasteiger partial charge >= 0.3 is 71.6 Å². The second-order valence-electron chi connectivity index (χ2n) is 12.0. The molecular formula is C28H23BrF26O2. The summed E-state index contributed by atoms with van der Waals surface area (Å²) in [5, 5.41) is -0.0962. The van der Waals surface area contributed by atoms with E-state index in [0.717, 1.165) is 19.1 Å². The fourth-order valence-corrected chi connectivity index (χ4v) is 4.60. The summed E-state index contributed by atoms with van der Waals surface area (Å²) in [4.78, 5) is 0. The Morgan fingerprint density at radius 1 is 0.404 bits per heavy atom. The quantitative estimate of drug-likeness (QED) is 0.0694. The number of rotatable bonds is 21. The van der Waals surface area contributed by atoms with Crippen molar-refractivity contribution in [3.05, 3.63) is 23.3 Å². The molecule has 0 atom stereocenters. The summed E-state index contributed by atoms with van der Waals surface area (Å²) in [7, 11) is 0. The van der Waals surface area contributed by atoms with Crippen LogP contribution in [-0.2, 0) is 5.33 Å². The molecule has 0 saturated carbocycles. The average Bonchev–Trinajstić information content (AvgIpc) is 3.03. The van der Waals surface area contributed by atoms with Gasteiger partial charge in [-0.05, 0) is 50.3 Å². The number of unbranched alkanes of at least 4 members (excludes halogenated alkanes) is 2. The van der Waals surface area contributed by atoms with Gasteiger partial charge in [0.05, 0.1) is 13.2 Å². The first-order valence-electron chi connectivity index (χ1n) is 14.9. The summed E-state index contributed by atoms with van der Waals surface area (Å²) in [6, 6.07) is 2.29. The maximum Gasteiger partial charge on any atom is 0.460 e. The first-order chi connectivity index (χ1) is 25.0. The predicted octanol–water partition coefficient (Wildman–Crippen LogP) is 13.5. The van der Waals surface area contributed by atoms with Crippen LogP contribution in [0.15, 0.2) is 12.1 Å². The molecule has 0 amide bonds. The number of halogens is 27. The zero-order valence-corrected chi connectivity index (χ0v) is 29.1. The van der Waals surface area contributed by atoms with Gasteiger partial charge in [0.15, 0.2) is 0 Å². The normalized spacial score (nSPS) is 15.3. The molecule has 0 aliphatic heterocycles. The molecule has 57 heavy (non-hydrogen) atoms. The highest BCUT2D eigenvalue weighted by Gasteiger charge is 2.92. The molecule has 0 saturated heterocycles. The minimum absolute atomic E-state index is 0.0962. The van der Waals surface area contributed by atoms with Crippen LogP contribution in [0.4, 0.5) is 114 Å². The largest absolute Gasteiger partial charge is 0.493 e. The van der Waals surface area contributed by atoms with Gasteiger partial charge in [0.2, 0.25) is 0 Å². The average molecular weight is 965 g/mol. The molecule has 0 N–H and O–H groups in total. The number of benzene rings is 1. The van der Waals surface area contributed by atoms with E-state index in [1.165, 1.54) is 0 Å². The van der Waals surface area contributed by atoms with Crippen LogP contribution >= 0.6 is 15.9 Å². The van der Waals surface area contributed by atoms with E-state index in [-0.39, 0.29) is 28.0 Å². The Labute approximate surface area is 310 Å². The van der Waals surface area contributed by atoms with Crippen molar-refractivity contribution < 1.29 is 124 Å². The number of hydrogen-bond acceptors (Lipinski definition) is 2. The molecule has 0 aliphatic carbocycles. The summed E-state index contributed by atoms with van der Waals surface area (Å²) < 4.78 is 355. The van der Waals surface area contributed by atoms with Crippen molar-refractivity contribution in [3.63, 3.8) is 0 Å². The highest BCUT2D eigenvalue weighted by molar-refractivity contribution is 9.08. The van der Waals surface area contributed by atoms with Crippen LogP contribution in [0.2, 0.25) is 0 Å². The van der Waals surface area contributed by atoms with Crippen LogP contribution in [0.1, 0.15) is 49.7 Å². The molecule has 1 rings (SSSR count). The predicted molar refractivity (Wildman–Crippen MR) is 144 cm³/mol. The minimum atomic E-state index is -8.07. The van der Waals surface area contributed by atoms with Gasteiger partial charge in [-0.2, -0.15) is 114 Å². The summed E-state index contributed by atoms with van der Waals surface area (Å²) in [5.41, 5.74) is 0.0500. The highest BCUT2D eigenvalue weighted by atomic mass is 79.9. The molecule has 1 aromatic rings. The van der Waals surface area contributed by atoms with E-state index in [4.69, 9.17) is 9.47 Å². The number of hydrogen-bond donors (Lipinski definition) is 0. The standard InChI is InChI=1S/C28H23BrF26O2/c1-13-15(56-8-4-2-6-17(30,31)19(34,35)21(38,39)23(42,43)25(46,47)27(50,51)52)10-14(12-29)11-16(13)57-9-5-3-7-18(32,33)20(36,37)22(40,41)24(44,45)26(48,49)28(53,54)55/h10-11H,2-9,12H2,1H3. The molecular weight excluding hydrogens is 942 g/mol. The fourth-order valence-electron chi connectivity index (χ4n) is 4.27. The lowest BCUT2D eigenvalue weighted by Crippen LogP contribution is -2.70.